The highest BCUT2D eigenvalue weighted by molar-refractivity contribution is 5.76. The van der Waals surface area contributed by atoms with E-state index < -0.39 is 0 Å². The van der Waals surface area contributed by atoms with Crippen LogP contribution in [0.1, 0.15) is 30.9 Å². The molecule has 0 radical (unpaired) electrons. The Morgan fingerprint density at radius 1 is 1.69 bits per heavy atom. The van der Waals surface area contributed by atoms with E-state index in [1.54, 1.807) is 6.20 Å². The molecular weight excluding hydrogens is 206 g/mol. The summed E-state index contributed by atoms with van der Waals surface area (Å²) in [6.07, 6.45) is 4.28. The molecule has 1 aromatic rings. The summed E-state index contributed by atoms with van der Waals surface area (Å²) < 4.78 is 5.36. The normalized spacial score (nSPS) is 21.6. The van der Waals surface area contributed by atoms with Crippen LogP contribution in [0.3, 0.4) is 0 Å². The molecule has 0 saturated carbocycles. The maximum Gasteiger partial charge on any atom is 0.221 e. The van der Waals surface area contributed by atoms with E-state index in [0.717, 1.165) is 25.1 Å². The van der Waals surface area contributed by atoms with Gasteiger partial charge in [0.25, 0.3) is 0 Å². The second-order valence-electron chi connectivity index (χ2n) is 4.14. The molecule has 0 aliphatic carbocycles. The highest BCUT2D eigenvalue weighted by atomic mass is 16.4. The van der Waals surface area contributed by atoms with Crippen LogP contribution in [0.4, 0.5) is 0 Å². The van der Waals surface area contributed by atoms with E-state index in [1.807, 2.05) is 6.92 Å². The molecule has 0 spiro atoms. The van der Waals surface area contributed by atoms with Crippen molar-refractivity contribution in [1.29, 1.82) is 0 Å². The number of aryl methyl sites for hydroxylation is 1. The van der Waals surface area contributed by atoms with Gasteiger partial charge in [-0.05, 0) is 19.8 Å². The van der Waals surface area contributed by atoms with Crippen LogP contribution in [0.15, 0.2) is 10.6 Å². The molecule has 1 aliphatic heterocycles. The maximum absolute atomic E-state index is 11.3. The smallest absolute Gasteiger partial charge is 0.221 e. The fourth-order valence-electron chi connectivity index (χ4n) is 1.86. The van der Waals surface area contributed by atoms with Crippen LogP contribution in [0.2, 0.25) is 0 Å². The number of hydrogen-bond acceptors (Lipinski definition) is 4. The zero-order valence-corrected chi connectivity index (χ0v) is 9.45. The Morgan fingerprint density at radius 2 is 2.56 bits per heavy atom. The summed E-state index contributed by atoms with van der Waals surface area (Å²) in [6.45, 7) is 3.25. The van der Waals surface area contributed by atoms with Crippen molar-refractivity contribution in [3.05, 3.63) is 17.8 Å². The van der Waals surface area contributed by atoms with Gasteiger partial charge in [-0.25, -0.2) is 4.98 Å². The molecule has 0 bridgehead atoms. The van der Waals surface area contributed by atoms with E-state index >= 15 is 0 Å². The fraction of sp³-hybridized carbons (Fsp3) is 0.636. The van der Waals surface area contributed by atoms with Crippen molar-refractivity contribution >= 4 is 5.91 Å². The third-order valence-electron chi connectivity index (χ3n) is 2.69. The van der Waals surface area contributed by atoms with Crippen LogP contribution in [-0.4, -0.2) is 23.5 Å². The predicted molar refractivity (Wildman–Crippen MR) is 58.7 cm³/mol. The maximum atomic E-state index is 11.3. The molecule has 1 saturated heterocycles. The summed E-state index contributed by atoms with van der Waals surface area (Å²) >= 11 is 0. The topological polar surface area (TPSA) is 67.2 Å². The molecule has 16 heavy (non-hydrogen) atoms. The van der Waals surface area contributed by atoms with E-state index in [9.17, 15) is 4.79 Å². The fourth-order valence-corrected chi connectivity index (χ4v) is 1.86. The minimum absolute atomic E-state index is 0.124. The number of nitrogens with one attached hydrogen (secondary N) is 2. The number of amides is 1. The third-order valence-corrected chi connectivity index (χ3v) is 2.69. The lowest BCUT2D eigenvalue weighted by Crippen LogP contribution is -2.32. The minimum Gasteiger partial charge on any atom is -0.445 e. The zero-order valence-electron chi connectivity index (χ0n) is 9.45. The Labute approximate surface area is 94.6 Å². The molecule has 0 aromatic carbocycles. The molecule has 1 amide bonds. The van der Waals surface area contributed by atoms with Gasteiger partial charge in [-0.2, -0.15) is 0 Å². The van der Waals surface area contributed by atoms with Crippen LogP contribution in [-0.2, 0) is 11.3 Å². The van der Waals surface area contributed by atoms with Gasteiger partial charge in [0, 0.05) is 19.0 Å². The van der Waals surface area contributed by atoms with E-state index in [-0.39, 0.29) is 11.9 Å². The summed E-state index contributed by atoms with van der Waals surface area (Å²) in [7, 11) is 0. The van der Waals surface area contributed by atoms with Crippen LogP contribution in [0.25, 0.3) is 0 Å². The second-order valence-corrected chi connectivity index (χ2v) is 4.14. The van der Waals surface area contributed by atoms with Crippen LogP contribution in [0.5, 0.6) is 0 Å². The second kappa shape index (κ2) is 5.12. The third kappa shape index (κ3) is 3.06. The lowest BCUT2D eigenvalue weighted by Gasteiger charge is -2.13. The molecule has 1 aromatic heterocycles. The summed E-state index contributed by atoms with van der Waals surface area (Å²) in [5.74, 6) is 1.62. The monoisotopic (exact) mass is 223 g/mol. The molecule has 88 valence electrons. The SMILES string of the molecule is Cc1cnc(CNC2CCCNC(=O)C2)o1. The quantitative estimate of drug-likeness (QED) is 0.793. The Kier molecular flexibility index (Phi) is 3.56. The Hall–Kier alpha value is -1.36. The van der Waals surface area contributed by atoms with E-state index in [0.29, 0.717) is 18.9 Å². The standard InChI is InChI=1S/C11H17N3O2/c1-8-6-14-11(16-8)7-13-9-3-2-4-12-10(15)5-9/h6,9,13H,2-5,7H2,1H3,(H,12,15). The van der Waals surface area contributed by atoms with Gasteiger partial charge in [-0.1, -0.05) is 0 Å². The highest BCUT2D eigenvalue weighted by Gasteiger charge is 2.17. The molecule has 2 rings (SSSR count). The first kappa shape index (κ1) is 11.1. The van der Waals surface area contributed by atoms with Crippen molar-refractivity contribution in [2.45, 2.75) is 38.8 Å². The number of aromatic nitrogens is 1. The van der Waals surface area contributed by atoms with Gasteiger partial charge < -0.3 is 15.1 Å². The number of carbonyl (C=O) groups is 1. The van der Waals surface area contributed by atoms with Gasteiger partial charge in [0.15, 0.2) is 0 Å². The molecule has 2 N–H and O–H groups in total. The summed E-state index contributed by atoms with van der Waals surface area (Å²) in [5, 5.41) is 6.16. The van der Waals surface area contributed by atoms with Crippen molar-refractivity contribution in [2.24, 2.45) is 0 Å². The molecule has 5 nitrogen and oxygen atoms in total. The van der Waals surface area contributed by atoms with Crippen LogP contribution in [0, 0.1) is 6.92 Å². The van der Waals surface area contributed by atoms with E-state index in [4.69, 9.17) is 4.42 Å². The van der Waals surface area contributed by atoms with Gasteiger partial charge >= 0.3 is 0 Å². The average molecular weight is 223 g/mol. The van der Waals surface area contributed by atoms with Crippen LogP contribution < -0.4 is 10.6 Å². The van der Waals surface area contributed by atoms with Gasteiger partial charge in [0.2, 0.25) is 11.8 Å². The number of rotatable bonds is 3. The van der Waals surface area contributed by atoms with Crippen molar-refractivity contribution in [3.63, 3.8) is 0 Å². The lowest BCUT2D eigenvalue weighted by atomic mass is 10.1. The van der Waals surface area contributed by atoms with Gasteiger partial charge in [0.05, 0.1) is 12.7 Å². The van der Waals surface area contributed by atoms with Gasteiger partial charge in [0.1, 0.15) is 5.76 Å². The summed E-state index contributed by atoms with van der Waals surface area (Å²) in [6, 6.07) is 0.231. The molecular formula is C11H17N3O2. The molecule has 2 heterocycles. The first-order valence-corrected chi connectivity index (χ1v) is 5.65. The number of carbonyl (C=O) groups excluding carboxylic acids is 1. The summed E-state index contributed by atoms with van der Waals surface area (Å²) in [5.41, 5.74) is 0. The van der Waals surface area contributed by atoms with Crippen LogP contribution >= 0.6 is 0 Å². The molecule has 1 unspecified atom stereocenters. The highest BCUT2D eigenvalue weighted by Crippen LogP contribution is 2.08. The Balaban J connectivity index is 1.82. The van der Waals surface area contributed by atoms with Gasteiger partial charge in [-0.3, -0.25) is 4.79 Å². The van der Waals surface area contributed by atoms with Gasteiger partial charge in [-0.15, -0.1) is 0 Å². The molecule has 1 fully saturated rings. The summed E-state index contributed by atoms with van der Waals surface area (Å²) in [4.78, 5) is 15.4. The first-order valence-electron chi connectivity index (χ1n) is 5.65. The molecule has 5 heteroatoms. The number of nitrogens with zero attached hydrogens (tertiary/aromatic N) is 1. The van der Waals surface area contributed by atoms with Crippen molar-refractivity contribution in [2.75, 3.05) is 6.54 Å². The largest absolute Gasteiger partial charge is 0.445 e. The lowest BCUT2D eigenvalue weighted by molar-refractivity contribution is -0.121. The molecule has 1 aliphatic rings. The minimum atomic E-state index is 0.124. The molecule has 1 atom stereocenters. The average Bonchev–Trinajstić information content (AvgIpc) is 2.55. The Bertz CT molecular complexity index is 362. The van der Waals surface area contributed by atoms with Crippen molar-refractivity contribution < 1.29 is 9.21 Å². The van der Waals surface area contributed by atoms with E-state index in [1.165, 1.54) is 0 Å². The van der Waals surface area contributed by atoms with E-state index in [2.05, 4.69) is 15.6 Å². The van der Waals surface area contributed by atoms with Crippen molar-refractivity contribution in [3.8, 4) is 0 Å². The first-order chi connectivity index (χ1) is 7.74. The predicted octanol–water partition coefficient (Wildman–Crippen LogP) is 0.741. The number of oxazole rings is 1. The zero-order chi connectivity index (χ0) is 11.4. The van der Waals surface area contributed by atoms with Crippen molar-refractivity contribution in [1.82, 2.24) is 15.6 Å². The Morgan fingerprint density at radius 3 is 3.31 bits per heavy atom. The number of hydrogen-bond donors (Lipinski definition) is 2.